The summed E-state index contributed by atoms with van der Waals surface area (Å²) in [6.45, 7) is 9.13. The molecule has 0 fully saturated rings. The molecule has 2 unspecified atom stereocenters. The maximum atomic E-state index is 10.2. The normalized spacial score (nSPS) is 14.8. The molecule has 0 aliphatic heterocycles. The van der Waals surface area contributed by atoms with E-state index < -0.39 is 0 Å². The van der Waals surface area contributed by atoms with Crippen LogP contribution in [-0.4, -0.2) is 21.0 Å². The minimum Gasteiger partial charge on any atom is -0.392 e. The first kappa shape index (κ1) is 15.5. The van der Waals surface area contributed by atoms with E-state index in [0.717, 1.165) is 42.2 Å². The van der Waals surface area contributed by atoms with E-state index in [1.54, 1.807) is 0 Å². The van der Waals surface area contributed by atoms with Gasteiger partial charge in [0.2, 0.25) is 0 Å². The van der Waals surface area contributed by atoms with Gasteiger partial charge in [-0.1, -0.05) is 38.8 Å². The fourth-order valence-electron chi connectivity index (χ4n) is 2.26. The molecule has 0 bridgehead atoms. The second-order valence-electron chi connectivity index (χ2n) is 4.91. The lowest BCUT2D eigenvalue weighted by Crippen LogP contribution is -2.22. The number of aliphatic hydroxyl groups excluding tert-OH is 1. The molecule has 1 aromatic heterocycles. The van der Waals surface area contributed by atoms with Gasteiger partial charge in [0, 0.05) is 13.0 Å². The molecular formula is C14H25ClN2O. The zero-order chi connectivity index (χ0) is 13.7. The molecule has 104 valence electrons. The Labute approximate surface area is 115 Å². The molecule has 18 heavy (non-hydrogen) atoms. The molecule has 0 saturated carbocycles. The molecule has 0 aromatic carbocycles. The average molecular weight is 273 g/mol. The molecule has 2 atom stereocenters. The first-order chi connectivity index (χ1) is 8.54. The van der Waals surface area contributed by atoms with Crippen LogP contribution >= 0.6 is 11.6 Å². The molecule has 3 nitrogen and oxygen atoms in total. The summed E-state index contributed by atoms with van der Waals surface area (Å²) in [5, 5.41) is 15.4. The summed E-state index contributed by atoms with van der Waals surface area (Å²) in [7, 11) is 0. The quantitative estimate of drug-likeness (QED) is 0.825. The second-order valence-corrected chi connectivity index (χ2v) is 5.29. The van der Waals surface area contributed by atoms with E-state index >= 15 is 0 Å². The summed E-state index contributed by atoms with van der Waals surface area (Å²) in [5.74, 6) is 0.302. The van der Waals surface area contributed by atoms with Crippen molar-refractivity contribution in [1.82, 2.24) is 9.78 Å². The van der Waals surface area contributed by atoms with Crippen LogP contribution in [0.5, 0.6) is 0 Å². The van der Waals surface area contributed by atoms with E-state index in [1.165, 1.54) is 0 Å². The lowest BCUT2D eigenvalue weighted by molar-refractivity contribution is 0.109. The molecule has 0 radical (unpaired) electrons. The van der Waals surface area contributed by atoms with Crippen LogP contribution in [-0.2, 0) is 19.4 Å². The van der Waals surface area contributed by atoms with Crippen molar-refractivity contribution in [3.8, 4) is 0 Å². The van der Waals surface area contributed by atoms with Gasteiger partial charge >= 0.3 is 0 Å². The number of aryl methyl sites for hydroxylation is 2. The highest BCUT2D eigenvalue weighted by Gasteiger charge is 2.20. The lowest BCUT2D eigenvalue weighted by Gasteiger charge is -2.18. The smallest absolute Gasteiger partial charge is 0.0850 e. The fourth-order valence-corrected chi connectivity index (χ4v) is 2.61. The first-order valence-corrected chi connectivity index (χ1v) is 7.34. The van der Waals surface area contributed by atoms with Crippen molar-refractivity contribution in [2.75, 3.05) is 0 Å². The minimum atomic E-state index is -0.339. The molecule has 0 spiro atoms. The van der Waals surface area contributed by atoms with E-state index in [1.807, 2.05) is 18.5 Å². The van der Waals surface area contributed by atoms with Crippen molar-refractivity contribution in [2.45, 2.75) is 66.0 Å². The van der Waals surface area contributed by atoms with Crippen LogP contribution in [0.15, 0.2) is 0 Å². The zero-order valence-electron chi connectivity index (χ0n) is 11.9. The molecule has 1 heterocycles. The van der Waals surface area contributed by atoms with E-state index in [-0.39, 0.29) is 6.10 Å². The molecule has 0 aliphatic rings. The Morgan fingerprint density at radius 2 is 2.00 bits per heavy atom. The predicted molar refractivity (Wildman–Crippen MR) is 76.1 cm³/mol. The zero-order valence-corrected chi connectivity index (χ0v) is 12.7. The Morgan fingerprint density at radius 1 is 1.33 bits per heavy atom. The van der Waals surface area contributed by atoms with E-state index in [0.29, 0.717) is 12.3 Å². The van der Waals surface area contributed by atoms with Crippen LogP contribution in [0.3, 0.4) is 0 Å². The predicted octanol–water partition coefficient (Wildman–Crippen LogP) is 3.46. The van der Waals surface area contributed by atoms with Crippen molar-refractivity contribution >= 4 is 11.6 Å². The van der Waals surface area contributed by atoms with E-state index in [9.17, 15) is 5.11 Å². The summed E-state index contributed by atoms with van der Waals surface area (Å²) in [6, 6.07) is 0. The van der Waals surface area contributed by atoms with Crippen LogP contribution in [0.4, 0.5) is 0 Å². The highest BCUT2D eigenvalue weighted by molar-refractivity contribution is 6.31. The molecule has 4 heteroatoms. The SMILES string of the molecule is CCCC(C)C(O)Cc1c(Cl)c(CC)nn1CC. The highest BCUT2D eigenvalue weighted by atomic mass is 35.5. The van der Waals surface area contributed by atoms with Crippen LogP contribution in [0.2, 0.25) is 5.02 Å². The number of halogens is 1. The topological polar surface area (TPSA) is 38.1 Å². The Kier molecular flexibility index (Phi) is 6.16. The summed E-state index contributed by atoms with van der Waals surface area (Å²) in [4.78, 5) is 0. The van der Waals surface area contributed by atoms with Crippen molar-refractivity contribution in [3.05, 3.63) is 16.4 Å². The van der Waals surface area contributed by atoms with Gasteiger partial charge in [-0.15, -0.1) is 0 Å². The number of aromatic nitrogens is 2. The molecule has 1 rings (SSSR count). The van der Waals surface area contributed by atoms with Crippen LogP contribution in [0.1, 0.15) is 51.9 Å². The van der Waals surface area contributed by atoms with Gasteiger partial charge in [0.1, 0.15) is 0 Å². The Hall–Kier alpha value is -0.540. The summed E-state index contributed by atoms with van der Waals surface area (Å²) in [5.41, 5.74) is 1.91. The number of hydrogen-bond donors (Lipinski definition) is 1. The largest absolute Gasteiger partial charge is 0.392 e. The third kappa shape index (κ3) is 3.48. The van der Waals surface area contributed by atoms with E-state index in [4.69, 9.17) is 11.6 Å². The van der Waals surface area contributed by atoms with Gasteiger partial charge < -0.3 is 5.11 Å². The summed E-state index contributed by atoms with van der Waals surface area (Å²) < 4.78 is 1.92. The van der Waals surface area contributed by atoms with Crippen LogP contribution in [0.25, 0.3) is 0 Å². The average Bonchev–Trinajstić information content (AvgIpc) is 2.66. The van der Waals surface area contributed by atoms with Gasteiger partial charge in [0.15, 0.2) is 0 Å². The maximum absolute atomic E-state index is 10.2. The lowest BCUT2D eigenvalue weighted by atomic mass is 9.96. The van der Waals surface area contributed by atoms with Crippen molar-refractivity contribution < 1.29 is 5.11 Å². The molecule has 1 N–H and O–H groups in total. The molecule has 1 aromatic rings. The van der Waals surface area contributed by atoms with Gasteiger partial charge in [0.05, 0.1) is 22.5 Å². The van der Waals surface area contributed by atoms with Gasteiger partial charge in [-0.25, -0.2) is 0 Å². The monoisotopic (exact) mass is 272 g/mol. The highest BCUT2D eigenvalue weighted by Crippen LogP contribution is 2.25. The third-order valence-electron chi connectivity index (χ3n) is 3.50. The molecular weight excluding hydrogens is 248 g/mol. The van der Waals surface area contributed by atoms with Crippen LogP contribution < -0.4 is 0 Å². The molecule has 0 aliphatic carbocycles. The fraction of sp³-hybridized carbons (Fsp3) is 0.786. The van der Waals surface area contributed by atoms with Crippen molar-refractivity contribution in [1.29, 1.82) is 0 Å². The summed E-state index contributed by atoms with van der Waals surface area (Å²) in [6.07, 6.45) is 3.23. The Bertz CT molecular complexity index is 376. The third-order valence-corrected chi connectivity index (χ3v) is 3.93. The maximum Gasteiger partial charge on any atom is 0.0850 e. The van der Waals surface area contributed by atoms with Gasteiger partial charge in [0.25, 0.3) is 0 Å². The van der Waals surface area contributed by atoms with E-state index in [2.05, 4.69) is 18.9 Å². The van der Waals surface area contributed by atoms with Gasteiger partial charge in [-0.3, -0.25) is 4.68 Å². The van der Waals surface area contributed by atoms with Crippen molar-refractivity contribution in [2.24, 2.45) is 5.92 Å². The second kappa shape index (κ2) is 7.15. The van der Waals surface area contributed by atoms with Gasteiger partial charge in [-0.2, -0.15) is 5.10 Å². The molecule has 0 saturated heterocycles. The number of nitrogens with zero attached hydrogens (tertiary/aromatic N) is 2. The first-order valence-electron chi connectivity index (χ1n) is 6.97. The Balaban J connectivity index is 2.85. The van der Waals surface area contributed by atoms with Crippen molar-refractivity contribution in [3.63, 3.8) is 0 Å². The summed E-state index contributed by atoms with van der Waals surface area (Å²) >= 11 is 6.34. The number of hydrogen-bond acceptors (Lipinski definition) is 2. The van der Waals surface area contributed by atoms with Crippen LogP contribution in [0, 0.1) is 5.92 Å². The minimum absolute atomic E-state index is 0.302. The standard InChI is InChI=1S/C14H25ClN2O/c1-5-8-10(4)13(18)9-12-14(15)11(6-2)16-17(12)7-3/h10,13,18H,5-9H2,1-4H3. The molecule has 0 amide bonds. The number of aliphatic hydroxyl groups is 1. The van der Waals surface area contributed by atoms with Gasteiger partial charge in [-0.05, 0) is 25.7 Å². The number of rotatable bonds is 7. The Morgan fingerprint density at radius 3 is 2.50 bits per heavy atom.